The summed E-state index contributed by atoms with van der Waals surface area (Å²) in [6.45, 7) is 1.72. The van der Waals surface area contributed by atoms with E-state index in [-0.39, 0.29) is 5.41 Å². The molecular weight excluding hydrogens is 262 g/mol. The van der Waals surface area contributed by atoms with Crippen molar-refractivity contribution in [1.82, 2.24) is 5.32 Å². The van der Waals surface area contributed by atoms with Gasteiger partial charge < -0.3 is 10.1 Å². The summed E-state index contributed by atoms with van der Waals surface area (Å²) in [5.74, 6) is 0. The molecule has 0 saturated carbocycles. The Hall–Kier alpha value is -1.20. The van der Waals surface area contributed by atoms with Gasteiger partial charge in [0.25, 0.3) is 0 Å². The Morgan fingerprint density at radius 1 is 1.32 bits per heavy atom. The molecule has 1 aromatic rings. The summed E-state index contributed by atoms with van der Waals surface area (Å²) in [5.41, 5.74) is 0.747. The molecule has 104 valence electrons. The van der Waals surface area contributed by atoms with Crippen LogP contribution in [0.4, 0.5) is 0 Å². The van der Waals surface area contributed by atoms with Gasteiger partial charge in [0.1, 0.15) is 6.29 Å². The molecule has 0 atom stereocenters. The normalized spacial score (nSPS) is 19.0. The number of hydrogen-bond donors (Lipinski definition) is 1. The minimum absolute atomic E-state index is 0.215. The highest BCUT2D eigenvalue weighted by Gasteiger charge is 2.33. The minimum atomic E-state index is -3.21. The second kappa shape index (κ2) is 5.43. The number of carbonyl (C=O) groups is 1. The van der Waals surface area contributed by atoms with Crippen LogP contribution in [0, 0.1) is 0 Å². The van der Waals surface area contributed by atoms with Crippen LogP contribution >= 0.6 is 0 Å². The van der Waals surface area contributed by atoms with Gasteiger partial charge in [-0.15, -0.1) is 0 Å². The number of sulfone groups is 1. The highest BCUT2D eigenvalue weighted by molar-refractivity contribution is 7.90. The third-order valence-corrected chi connectivity index (χ3v) is 5.02. The Labute approximate surface area is 114 Å². The summed E-state index contributed by atoms with van der Waals surface area (Å²) in [6, 6.07) is 7.03. The van der Waals surface area contributed by atoms with Crippen LogP contribution in [0.2, 0.25) is 0 Å². The van der Waals surface area contributed by atoms with Crippen molar-refractivity contribution in [2.45, 2.75) is 29.6 Å². The topological polar surface area (TPSA) is 63.2 Å². The van der Waals surface area contributed by atoms with Crippen molar-refractivity contribution in [3.05, 3.63) is 29.8 Å². The number of nitrogens with one attached hydrogen (secondary N) is 1. The van der Waals surface area contributed by atoms with Gasteiger partial charge in [0, 0.05) is 18.1 Å². The Bertz CT molecular complexity index is 560. The number of rotatable bonds is 4. The van der Waals surface area contributed by atoms with E-state index < -0.39 is 9.84 Å². The van der Waals surface area contributed by atoms with E-state index in [1.54, 1.807) is 18.2 Å². The monoisotopic (exact) mass is 281 g/mol. The molecule has 19 heavy (non-hydrogen) atoms. The van der Waals surface area contributed by atoms with Crippen molar-refractivity contribution < 1.29 is 13.2 Å². The van der Waals surface area contributed by atoms with Gasteiger partial charge in [-0.05, 0) is 43.6 Å². The summed E-state index contributed by atoms with van der Waals surface area (Å²) in [4.78, 5) is 11.3. The van der Waals surface area contributed by atoms with Gasteiger partial charge in [0.05, 0.1) is 4.90 Å². The molecule has 0 unspecified atom stereocenters. The molecule has 1 aromatic carbocycles. The van der Waals surface area contributed by atoms with Crippen LogP contribution in [0.3, 0.4) is 0 Å². The number of hydrogen-bond acceptors (Lipinski definition) is 4. The number of benzene rings is 1. The second-order valence-electron chi connectivity index (χ2n) is 5.20. The lowest BCUT2D eigenvalue weighted by molar-refractivity contribution is -0.109. The first kappa shape index (κ1) is 14.2. The minimum Gasteiger partial charge on any atom is -0.317 e. The summed E-state index contributed by atoms with van der Waals surface area (Å²) in [5, 5.41) is 3.28. The summed E-state index contributed by atoms with van der Waals surface area (Å²) in [7, 11) is -3.21. The van der Waals surface area contributed by atoms with E-state index in [9.17, 15) is 13.2 Å². The molecule has 5 heteroatoms. The molecule has 0 spiro atoms. The molecule has 0 bridgehead atoms. The van der Waals surface area contributed by atoms with Gasteiger partial charge in [-0.2, -0.15) is 0 Å². The van der Waals surface area contributed by atoms with Gasteiger partial charge in [-0.25, -0.2) is 8.42 Å². The van der Waals surface area contributed by atoms with E-state index >= 15 is 0 Å². The SMILES string of the molecule is CS(=O)(=O)c1cccc(C2(CC=O)CCNCC2)c1. The van der Waals surface area contributed by atoms with Crippen LogP contribution in [-0.4, -0.2) is 34.0 Å². The van der Waals surface area contributed by atoms with E-state index in [4.69, 9.17) is 0 Å². The van der Waals surface area contributed by atoms with Gasteiger partial charge in [-0.1, -0.05) is 12.1 Å². The molecule has 1 aliphatic rings. The van der Waals surface area contributed by atoms with Crippen LogP contribution in [-0.2, 0) is 20.0 Å². The quantitative estimate of drug-likeness (QED) is 0.845. The first-order chi connectivity index (χ1) is 8.98. The molecule has 1 heterocycles. The molecule has 4 nitrogen and oxygen atoms in total. The van der Waals surface area contributed by atoms with E-state index in [0.29, 0.717) is 11.3 Å². The van der Waals surface area contributed by atoms with E-state index in [1.165, 1.54) is 6.26 Å². The highest BCUT2D eigenvalue weighted by atomic mass is 32.2. The molecule has 0 amide bonds. The van der Waals surface area contributed by atoms with Crippen molar-refractivity contribution >= 4 is 16.1 Å². The summed E-state index contributed by atoms with van der Waals surface area (Å²) >= 11 is 0. The van der Waals surface area contributed by atoms with Crippen LogP contribution < -0.4 is 5.32 Å². The maximum absolute atomic E-state index is 11.6. The third-order valence-electron chi connectivity index (χ3n) is 3.91. The lowest BCUT2D eigenvalue weighted by Gasteiger charge is -2.37. The number of piperidine rings is 1. The molecule has 0 radical (unpaired) electrons. The predicted octanol–water partition coefficient (Wildman–Crippen LogP) is 1.30. The van der Waals surface area contributed by atoms with Gasteiger partial charge in [0.15, 0.2) is 9.84 Å². The van der Waals surface area contributed by atoms with Crippen molar-refractivity contribution in [3.63, 3.8) is 0 Å². The molecular formula is C14H19NO3S. The van der Waals surface area contributed by atoms with E-state index in [0.717, 1.165) is 37.8 Å². The number of carbonyl (C=O) groups excluding carboxylic acids is 1. The zero-order valence-electron chi connectivity index (χ0n) is 11.1. The van der Waals surface area contributed by atoms with Crippen LogP contribution in [0.15, 0.2) is 29.2 Å². The fourth-order valence-corrected chi connectivity index (χ4v) is 3.40. The third kappa shape index (κ3) is 3.04. The maximum Gasteiger partial charge on any atom is 0.175 e. The van der Waals surface area contributed by atoms with Crippen molar-refractivity contribution in [3.8, 4) is 0 Å². The van der Waals surface area contributed by atoms with Crippen molar-refractivity contribution in [2.75, 3.05) is 19.3 Å². The molecule has 1 aliphatic heterocycles. The zero-order valence-corrected chi connectivity index (χ0v) is 11.9. The van der Waals surface area contributed by atoms with Crippen molar-refractivity contribution in [1.29, 1.82) is 0 Å². The standard InChI is InChI=1S/C14H19NO3S/c1-19(17,18)13-4-2-3-12(11-13)14(7-10-16)5-8-15-9-6-14/h2-4,10-11,15H,5-9H2,1H3. The molecule has 0 aromatic heterocycles. The Morgan fingerprint density at radius 3 is 2.58 bits per heavy atom. The van der Waals surface area contributed by atoms with Gasteiger partial charge >= 0.3 is 0 Å². The fourth-order valence-electron chi connectivity index (χ4n) is 2.73. The molecule has 1 N–H and O–H groups in total. The second-order valence-corrected chi connectivity index (χ2v) is 7.22. The first-order valence-electron chi connectivity index (χ1n) is 6.43. The Morgan fingerprint density at radius 2 is 2.00 bits per heavy atom. The molecule has 1 saturated heterocycles. The lowest BCUT2D eigenvalue weighted by atomic mass is 9.71. The van der Waals surface area contributed by atoms with Crippen molar-refractivity contribution in [2.24, 2.45) is 0 Å². The van der Waals surface area contributed by atoms with E-state index in [2.05, 4.69) is 5.32 Å². The van der Waals surface area contributed by atoms with E-state index in [1.807, 2.05) is 6.07 Å². The zero-order chi connectivity index (χ0) is 13.9. The summed E-state index contributed by atoms with van der Waals surface area (Å²) in [6.07, 6.45) is 4.32. The Kier molecular flexibility index (Phi) is 4.06. The number of aldehydes is 1. The first-order valence-corrected chi connectivity index (χ1v) is 8.32. The maximum atomic E-state index is 11.6. The molecule has 1 fully saturated rings. The molecule has 0 aliphatic carbocycles. The van der Waals surface area contributed by atoms with Gasteiger partial charge in [-0.3, -0.25) is 0 Å². The highest BCUT2D eigenvalue weighted by Crippen LogP contribution is 2.36. The average Bonchev–Trinajstić information content (AvgIpc) is 2.39. The van der Waals surface area contributed by atoms with Crippen LogP contribution in [0.1, 0.15) is 24.8 Å². The predicted molar refractivity (Wildman–Crippen MR) is 74.0 cm³/mol. The van der Waals surface area contributed by atoms with Gasteiger partial charge in [0.2, 0.25) is 0 Å². The lowest BCUT2D eigenvalue weighted by Crippen LogP contribution is -2.40. The average molecular weight is 281 g/mol. The van der Waals surface area contributed by atoms with Crippen LogP contribution in [0.25, 0.3) is 0 Å². The molecule has 2 rings (SSSR count). The largest absolute Gasteiger partial charge is 0.317 e. The summed E-state index contributed by atoms with van der Waals surface area (Å²) < 4.78 is 23.3. The Balaban J connectivity index is 2.45. The smallest absolute Gasteiger partial charge is 0.175 e. The fraction of sp³-hybridized carbons (Fsp3) is 0.500. The van der Waals surface area contributed by atoms with Crippen LogP contribution in [0.5, 0.6) is 0 Å².